The van der Waals surface area contributed by atoms with Gasteiger partial charge >= 0.3 is 0 Å². The van der Waals surface area contributed by atoms with Gasteiger partial charge in [0.2, 0.25) is 0 Å². The molecule has 4 heteroatoms. The van der Waals surface area contributed by atoms with Crippen molar-refractivity contribution in [1.29, 1.82) is 0 Å². The number of H-pyrrole nitrogens is 1. The third-order valence-corrected chi connectivity index (χ3v) is 4.66. The van der Waals surface area contributed by atoms with Crippen LogP contribution in [-0.4, -0.2) is 23.0 Å². The van der Waals surface area contributed by atoms with Crippen molar-refractivity contribution in [1.82, 2.24) is 10.3 Å². The molecule has 4 nitrogen and oxygen atoms in total. The maximum atomic E-state index is 12.5. The van der Waals surface area contributed by atoms with E-state index in [1.54, 1.807) is 0 Å². The topological polar surface area (TPSA) is 70.9 Å². The van der Waals surface area contributed by atoms with Crippen LogP contribution in [0.5, 0.6) is 0 Å². The van der Waals surface area contributed by atoms with Gasteiger partial charge in [0.05, 0.1) is 0 Å². The second-order valence-corrected chi connectivity index (χ2v) is 6.32. The molecule has 0 saturated heterocycles. The molecule has 1 aromatic heterocycles. The van der Waals surface area contributed by atoms with Crippen LogP contribution in [0.1, 0.15) is 46.4 Å². The Balaban J connectivity index is 1.93. The molecule has 21 heavy (non-hydrogen) atoms. The smallest absolute Gasteiger partial charge is 0.268 e. The van der Waals surface area contributed by atoms with Crippen LogP contribution in [0.2, 0.25) is 0 Å². The molecule has 1 amide bonds. The number of fused-ring (bicyclic) bond motifs is 1. The van der Waals surface area contributed by atoms with Crippen LogP contribution >= 0.6 is 0 Å². The fourth-order valence-electron chi connectivity index (χ4n) is 3.43. The summed E-state index contributed by atoms with van der Waals surface area (Å²) in [6.45, 7) is 6.16. The zero-order valence-corrected chi connectivity index (χ0v) is 12.9. The fraction of sp³-hybridized carbons (Fsp3) is 0.471. The molecular weight excluding hydrogens is 262 g/mol. The highest BCUT2D eigenvalue weighted by atomic mass is 16.1. The lowest BCUT2D eigenvalue weighted by atomic mass is 10.0. The SMILES string of the molecule is Cc1ccc(C)c2c(C)c(C(=O)N[C@H]3CC[C@H](N)C3)[nH]c12. The largest absolute Gasteiger partial charge is 0.350 e. The number of rotatable bonds is 2. The van der Waals surface area contributed by atoms with Crippen molar-refractivity contribution in [2.75, 3.05) is 0 Å². The third kappa shape index (κ3) is 2.44. The maximum absolute atomic E-state index is 12.5. The molecule has 0 bridgehead atoms. The summed E-state index contributed by atoms with van der Waals surface area (Å²) >= 11 is 0. The lowest BCUT2D eigenvalue weighted by Crippen LogP contribution is -2.34. The van der Waals surface area contributed by atoms with Gasteiger partial charge in [-0.05, 0) is 56.7 Å². The van der Waals surface area contributed by atoms with Crippen molar-refractivity contribution in [2.24, 2.45) is 5.73 Å². The van der Waals surface area contributed by atoms with Crippen LogP contribution in [0, 0.1) is 20.8 Å². The molecule has 4 N–H and O–H groups in total. The number of amides is 1. The molecule has 2 aromatic rings. The molecule has 1 aliphatic carbocycles. The van der Waals surface area contributed by atoms with Crippen molar-refractivity contribution < 1.29 is 4.79 Å². The number of nitrogens with one attached hydrogen (secondary N) is 2. The van der Waals surface area contributed by atoms with Crippen molar-refractivity contribution >= 4 is 16.8 Å². The Kier molecular flexibility index (Phi) is 3.49. The lowest BCUT2D eigenvalue weighted by Gasteiger charge is -2.12. The van der Waals surface area contributed by atoms with E-state index >= 15 is 0 Å². The van der Waals surface area contributed by atoms with Crippen LogP contribution in [0.4, 0.5) is 0 Å². The van der Waals surface area contributed by atoms with Gasteiger partial charge in [0, 0.05) is 23.0 Å². The number of aromatic amines is 1. The fourth-order valence-corrected chi connectivity index (χ4v) is 3.43. The van der Waals surface area contributed by atoms with Crippen molar-refractivity contribution in [3.05, 3.63) is 34.5 Å². The summed E-state index contributed by atoms with van der Waals surface area (Å²) in [6, 6.07) is 4.63. The Labute approximate surface area is 125 Å². The van der Waals surface area contributed by atoms with Gasteiger partial charge in [0.15, 0.2) is 0 Å². The van der Waals surface area contributed by atoms with E-state index in [1.807, 2.05) is 6.92 Å². The van der Waals surface area contributed by atoms with Gasteiger partial charge in [0.1, 0.15) is 5.69 Å². The quantitative estimate of drug-likeness (QED) is 0.794. The molecule has 0 radical (unpaired) electrons. The summed E-state index contributed by atoms with van der Waals surface area (Å²) in [7, 11) is 0. The first-order chi connectivity index (χ1) is 9.97. The third-order valence-electron chi connectivity index (χ3n) is 4.66. The van der Waals surface area contributed by atoms with Crippen molar-refractivity contribution in [3.63, 3.8) is 0 Å². The Morgan fingerprint density at radius 1 is 1.24 bits per heavy atom. The molecule has 1 heterocycles. The van der Waals surface area contributed by atoms with E-state index in [9.17, 15) is 4.79 Å². The molecule has 1 aliphatic rings. The molecule has 0 aliphatic heterocycles. The maximum Gasteiger partial charge on any atom is 0.268 e. The Morgan fingerprint density at radius 3 is 2.57 bits per heavy atom. The summed E-state index contributed by atoms with van der Waals surface area (Å²) in [5.74, 6) is -0.0124. The number of hydrogen-bond donors (Lipinski definition) is 3. The van der Waals surface area contributed by atoms with Gasteiger partial charge in [0.25, 0.3) is 5.91 Å². The van der Waals surface area contributed by atoms with E-state index in [1.165, 1.54) is 16.5 Å². The zero-order valence-electron chi connectivity index (χ0n) is 12.9. The molecule has 3 rings (SSSR count). The summed E-state index contributed by atoms with van der Waals surface area (Å²) < 4.78 is 0. The van der Waals surface area contributed by atoms with Gasteiger partial charge in [-0.25, -0.2) is 0 Å². The number of benzene rings is 1. The second kappa shape index (κ2) is 5.19. The highest BCUT2D eigenvalue weighted by molar-refractivity contribution is 6.02. The van der Waals surface area contributed by atoms with Gasteiger partial charge in [-0.2, -0.15) is 0 Å². The Morgan fingerprint density at radius 2 is 1.95 bits per heavy atom. The minimum absolute atomic E-state index is 0.0124. The molecule has 112 valence electrons. The van der Waals surface area contributed by atoms with Crippen LogP contribution in [0.15, 0.2) is 12.1 Å². The molecule has 1 saturated carbocycles. The summed E-state index contributed by atoms with van der Waals surface area (Å²) in [5, 5.41) is 4.29. The van der Waals surface area contributed by atoms with Crippen LogP contribution in [0.3, 0.4) is 0 Å². The highest BCUT2D eigenvalue weighted by Crippen LogP contribution is 2.28. The predicted molar refractivity (Wildman–Crippen MR) is 85.6 cm³/mol. The van der Waals surface area contributed by atoms with E-state index in [2.05, 4.69) is 36.3 Å². The van der Waals surface area contributed by atoms with Crippen molar-refractivity contribution in [3.8, 4) is 0 Å². The first-order valence-corrected chi connectivity index (χ1v) is 7.62. The molecule has 1 aromatic carbocycles. The average molecular weight is 285 g/mol. The summed E-state index contributed by atoms with van der Waals surface area (Å²) in [4.78, 5) is 15.9. The van der Waals surface area contributed by atoms with Crippen molar-refractivity contribution in [2.45, 2.75) is 52.1 Å². The number of carbonyl (C=O) groups is 1. The standard InChI is InChI=1S/C17H23N3O/c1-9-4-5-10(2)15-14(9)11(3)16(20-15)17(21)19-13-7-6-12(18)8-13/h4-5,12-13,20H,6-8,18H2,1-3H3,(H,19,21)/t12-,13-/m0/s1. The average Bonchev–Trinajstić information content (AvgIpc) is 2.99. The number of aryl methyl sites for hydroxylation is 3. The monoisotopic (exact) mass is 285 g/mol. The van der Waals surface area contributed by atoms with E-state index in [-0.39, 0.29) is 18.0 Å². The number of nitrogens with two attached hydrogens (primary N) is 1. The first kappa shape index (κ1) is 14.1. The van der Waals surface area contributed by atoms with E-state index in [4.69, 9.17) is 5.73 Å². The Bertz CT molecular complexity index is 702. The molecule has 1 fully saturated rings. The van der Waals surface area contributed by atoms with E-state index in [0.717, 1.165) is 30.3 Å². The highest BCUT2D eigenvalue weighted by Gasteiger charge is 2.25. The number of carbonyl (C=O) groups excluding carboxylic acids is 1. The predicted octanol–water partition coefficient (Wildman–Crippen LogP) is 2.70. The summed E-state index contributed by atoms with van der Waals surface area (Å²) in [5.41, 5.74) is 11.1. The van der Waals surface area contributed by atoms with E-state index < -0.39 is 0 Å². The molecular formula is C17H23N3O. The summed E-state index contributed by atoms with van der Waals surface area (Å²) in [6.07, 6.45) is 2.85. The number of aromatic nitrogens is 1. The second-order valence-electron chi connectivity index (χ2n) is 6.32. The van der Waals surface area contributed by atoms with Gasteiger partial charge in [-0.3, -0.25) is 4.79 Å². The minimum atomic E-state index is -0.0124. The lowest BCUT2D eigenvalue weighted by molar-refractivity contribution is 0.0933. The molecule has 0 spiro atoms. The van der Waals surface area contributed by atoms with Gasteiger partial charge in [-0.1, -0.05) is 12.1 Å². The van der Waals surface area contributed by atoms with Crippen LogP contribution < -0.4 is 11.1 Å². The van der Waals surface area contributed by atoms with Crippen LogP contribution in [-0.2, 0) is 0 Å². The Hall–Kier alpha value is -1.81. The zero-order chi connectivity index (χ0) is 15.1. The first-order valence-electron chi connectivity index (χ1n) is 7.62. The number of hydrogen-bond acceptors (Lipinski definition) is 2. The van der Waals surface area contributed by atoms with Gasteiger partial charge in [-0.15, -0.1) is 0 Å². The minimum Gasteiger partial charge on any atom is -0.350 e. The van der Waals surface area contributed by atoms with E-state index in [0.29, 0.717) is 5.69 Å². The normalized spacial score (nSPS) is 21.9. The molecule has 0 unspecified atom stereocenters. The van der Waals surface area contributed by atoms with Gasteiger partial charge < -0.3 is 16.0 Å². The molecule has 2 atom stereocenters. The van der Waals surface area contributed by atoms with Crippen LogP contribution in [0.25, 0.3) is 10.9 Å².